The smallest absolute Gasteiger partial charge is 0.338 e. The molecule has 0 unspecified atom stereocenters. The normalized spacial score (nSPS) is 16.9. The van der Waals surface area contributed by atoms with Gasteiger partial charge in [0, 0.05) is 5.56 Å². The van der Waals surface area contributed by atoms with Crippen molar-refractivity contribution in [2.75, 3.05) is 6.61 Å². The highest BCUT2D eigenvalue weighted by Crippen LogP contribution is 2.23. The van der Waals surface area contributed by atoms with Crippen LogP contribution in [0.1, 0.15) is 29.3 Å². The first kappa shape index (κ1) is 19.1. The molecular formula is C22H20N2O4S. The SMILES string of the molecule is CC[C@H](COC(=O)c1cccc2ccccc12)N=C1NS(=O)(=O)c2ccccc21. The Morgan fingerprint density at radius 2 is 1.76 bits per heavy atom. The van der Waals surface area contributed by atoms with Gasteiger partial charge in [0.25, 0.3) is 10.0 Å². The lowest BCUT2D eigenvalue weighted by molar-refractivity contribution is 0.0483. The molecule has 0 aromatic heterocycles. The number of nitrogens with zero attached hydrogens (tertiary/aromatic N) is 1. The summed E-state index contributed by atoms with van der Waals surface area (Å²) >= 11 is 0. The van der Waals surface area contributed by atoms with Gasteiger partial charge in [-0.1, -0.05) is 55.5 Å². The van der Waals surface area contributed by atoms with E-state index in [1.807, 2.05) is 43.3 Å². The predicted octanol–water partition coefficient (Wildman–Crippen LogP) is 3.51. The Morgan fingerprint density at radius 3 is 2.59 bits per heavy atom. The van der Waals surface area contributed by atoms with Crippen LogP contribution in [-0.4, -0.2) is 32.9 Å². The van der Waals surface area contributed by atoms with Gasteiger partial charge in [-0.3, -0.25) is 9.71 Å². The molecule has 4 rings (SSSR count). The van der Waals surface area contributed by atoms with E-state index in [1.54, 1.807) is 30.3 Å². The molecule has 1 aliphatic rings. The Hall–Kier alpha value is -3.19. The van der Waals surface area contributed by atoms with Crippen molar-refractivity contribution in [3.63, 3.8) is 0 Å². The maximum absolute atomic E-state index is 12.6. The van der Waals surface area contributed by atoms with Gasteiger partial charge in [-0.05, 0) is 35.4 Å². The van der Waals surface area contributed by atoms with Crippen LogP contribution in [0.3, 0.4) is 0 Å². The molecule has 0 spiro atoms. The van der Waals surface area contributed by atoms with Crippen molar-refractivity contribution in [3.05, 3.63) is 77.9 Å². The van der Waals surface area contributed by atoms with Gasteiger partial charge in [-0.15, -0.1) is 0 Å². The highest BCUT2D eigenvalue weighted by Gasteiger charge is 2.30. The highest BCUT2D eigenvalue weighted by molar-refractivity contribution is 7.90. The second-order valence-corrected chi connectivity index (χ2v) is 8.42. The lowest BCUT2D eigenvalue weighted by atomic mass is 10.0. The van der Waals surface area contributed by atoms with Gasteiger partial charge in [-0.25, -0.2) is 13.2 Å². The van der Waals surface area contributed by atoms with Gasteiger partial charge in [-0.2, -0.15) is 0 Å². The summed E-state index contributed by atoms with van der Waals surface area (Å²) in [7, 11) is -3.60. The molecule has 1 heterocycles. The van der Waals surface area contributed by atoms with Gasteiger partial charge in [0.05, 0.1) is 16.5 Å². The third kappa shape index (κ3) is 3.73. The van der Waals surface area contributed by atoms with Gasteiger partial charge < -0.3 is 4.74 Å². The third-order valence-electron chi connectivity index (χ3n) is 4.86. The summed E-state index contributed by atoms with van der Waals surface area (Å²) in [6.07, 6.45) is 0.593. The maximum Gasteiger partial charge on any atom is 0.338 e. The minimum absolute atomic E-state index is 0.0615. The minimum Gasteiger partial charge on any atom is -0.460 e. The van der Waals surface area contributed by atoms with Crippen molar-refractivity contribution >= 4 is 32.6 Å². The number of esters is 1. The molecule has 1 N–H and O–H groups in total. The zero-order chi connectivity index (χ0) is 20.4. The fourth-order valence-electron chi connectivity index (χ4n) is 3.31. The van der Waals surface area contributed by atoms with Crippen molar-refractivity contribution < 1.29 is 17.9 Å². The van der Waals surface area contributed by atoms with Crippen molar-refractivity contribution in [2.24, 2.45) is 4.99 Å². The van der Waals surface area contributed by atoms with Crippen LogP contribution in [0.4, 0.5) is 0 Å². The van der Waals surface area contributed by atoms with E-state index in [0.29, 0.717) is 17.5 Å². The van der Waals surface area contributed by atoms with Gasteiger partial charge >= 0.3 is 5.97 Å². The van der Waals surface area contributed by atoms with Gasteiger partial charge in [0.1, 0.15) is 12.4 Å². The number of benzene rings is 3. The number of rotatable bonds is 5. The predicted molar refractivity (Wildman–Crippen MR) is 112 cm³/mol. The molecule has 0 aliphatic carbocycles. The molecule has 0 fully saturated rings. The zero-order valence-electron chi connectivity index (χ0n) is 15.8. The molecule has 148 valence electrons. The number of ether oxygens (including phenoxy) is 1. The number of hydrogen-bond donors (Lipinski definition) is 1. The second kappa shape index (κ2) is 7.67. The zero-order valence-corrected chi connectivity index (χ0v) is 16.6. The van der Waals surface area contributed by atoms with Gasteiger partial charge in [0.2, 0.25) is 0 Å². The van der Waals surface area contributed by atoms with E-state index in [1.165, 1.54) is 0 Å². The number of sulfonamides is 1. The van der Waals surface area contributed by atoms with E-state index in [0.717, 1.165) is 10.8 Å². The average molecular weight is 408 g/mol. The molecule has 7 heteroatoms. The molecule has 0 bridgehead atoms. The Kier molecular flexibility index (Phi) is 5.07. The number of hydrogen-bond acceptors (Lipinski definition) is 5. The van der Waals surface area contributed by atoms with Crippen molar-refractivity contribution in [1.29, 1.82) is 0 Å². The number of carbonyl (C=O) groups is 1. The molecule has 0 saturated carbocycles. The summed E-state index contributed by atoms with van der Waals surface area (Å²) in [6.45, 7) is 1.97. The largest absolute Gasteiger partial charge is 0.460 e. The van der Waals surface area contributed by atoms with Crippen LogP contribution < -0.4 is 4.72 Å². The summed E-state index contributed by atoms with van der Waals surface area (Å²) in [5.74, 6) is -0.137. The maximum atomic E-state index is 12.6. The summed E-state index contributed by atoms with van der Waals surface area (Å²) in [5.41, 5.74) is 1.03. The lowest BCUT2D eigenvalue weighted by Gasteiger charge is -2.13. The van der Waals surface area contributed by atoms with Crippen LogP contribution in [0.2, 0.25) is 0 Å². The first-order valence-corrected chi connectivity index (χ1v) is 10.8. The molecule has 6 nitrogen and oxygen atoms in total. The Morgan fingerprint density at radius 1 is 1.03 bits per heavy atom. The summed E-state index contributed by atoms with van der Waals surface area (Å²) in [4.78, 5) is 17.4. The van der Waals surface area contributed by atoms with E-state index in [4.69, 9.17) is 4.74 Å². The monoisotopic (exact) mass is 408 g/mol. The standard InChI is InChI=1S/C22H20N2O4S/c1-2-16(23-21-19-11-5-6-13-20(19)29(26,27)24-21)14-28-22(25)18-12-7-9-15-8-3-4-10-17(15)18/h3-13,16H,2,14H2,1H3,(H,23,24)/t16-/m1/s1. The number of amidine groups is 1. The molecule has 1 aliphatic heterocycles. The van der Waals surface area contributed by atoms with Crippen LogP contribution in [0.25, 0.3) is 10.8 Å². The molecule has 29 heavy (non-hydrogen) atoms. The number of aliphatic imine (C=N–C) groups is 1. The quantitative estimate of drug-likeness (QED) is 0.655. The minimum atomic E-state index is -3.60. The summed E-state index contributed by atoms with van der Waals surface area (Å²) in [6, 6.07) is 19.4. The van der Waals surface area contributed by atoms with Crippen molar-refractivity contribution in [3.8, 4) is 0 Å². The van der Waals surface area contributed by atoms with E-state index < -0.39 is 16.0 Å². The van der Waals surface area contributed by atoms with Crippen molar-refractivity contribution in [1.82, 2.24) is 4.72 Å². The Bertz CT molecular complexity index is 1210. The highest BCUT2D eigenvalue weighted by atomic mass is 32.2. The van der Waals surface area contributed by atoms with Crippen LogP contribution >= 0.6 is 0 Å². The van der Waals surface area contributed by atoms with Gasteiger partial charge in [0.15, 0.2) is 0 Å². The molecular weight excluding hydrogens is 388 g/mol. The van der Waals surface area contributed by atoms with Crippen molar-refractivity contribution in [2.45, 2.75) is 24.3 Å². The number of fused-ring (bicyclic) bond motifs is 2. The van der Waals surface area contributed by atoms with Crippen LogP contribution in [-0.2, 0) is 14.8 Å². The molecule has 1 atom stereocenters. The van der Waals surface area contributed by atoms with Crippen LogP contribution in [0.5, 0.6) is 0 Å². The average Bonchev–Trinajstić information content (AvgIpc) is 3.00. The molecule has 0 radical (unpaired) electrons. The topological polar surface area (TPSA) is 84.8 Å². The Balaban J connectivity index is 1.53. The number of carbonyl (C=O) groups excluding carboxylic acids is 1. The van der Waals surface area contributed by atoms with Crippen LogP contribution in [0, 0.1) is 0 Å². The molecule has 3 aromatic rings. The Labute approximate surface area is 169 Å². The molecule has 0 amide bonds. The van der Waals surface area contributed by atoms with E-state index >= 15 is 0 Å². The fourth-order valence-corrected chi connectivity index (χ4v) is 4.55. The molecule has 3 aromatic carbocycles. The van der Waals surface area contributed by atoms with E-state index in [9.17, 15) is 13.2 Å². The summed E-state index contributed by atoms with van der Waals surface area (Å²) < 4.78 is 32.5. The summed E-state index contributed by atoms with van der Waals surface area (Å²) in [5, 5.41) is 1.79. The number of nitrogens with one attached hydrogen (secondary N) is 1. The fraction of sp³-hybridized carbons (Fsp3) is 0.182. The first-order valence-electron chi connectivity index (χ1n) is 9.34. The third-order valence-corrected chi connectivity index (χ3v) is 6.26. The van der Waals surface area contributed by atoms with E-state index in [2.05, 4.69) is 9.71 Å². The first-order chi connectivity index (χ1) is 14.0. The van der Waals surface area contributed by atoms with E-state index in [-0.39, 0.29) is 23.4 Å². The van der Waals surface area contributed by atoms with Crippen LogP contribution in [0.15, 0.2) is 76.6 Å². The second-order valence-electron chi connectivity index (χ2n) is 6.77. The lowest BCUT2D eigenvalue weighted by Crippen LogP contribution is -2.26. The molecule has 0 saturated heterocycles.